The maximum atomic E-state index is 12.6. The number of nitrogens with zero attached hydrogens (tertiary/aromatic N) is 1. The molecule has 10 heteroatoms. The van der Waals surface area contributed by atoms with Crippen molar-refractivity contribution in [1.82, 2.24) is 20.3 Å². The molecule has 3 heterocycles. The minimum atomic E-state index is -1.13. The van der Waals surface area contributed by atoms with Crippen LogP contribution < -0.4 is 16.6 Å². The Labute approximate surface area is 180 Å². The number of aromatic nitrogens is 3. The Balaban J connectivity index is 1.56. The van der Waals surface area contributed by atoms with E-state index in [2.05, 4.69) is 20.3 Å². The number of carboxylic acid groups (broad SMARTS) is 1. The molecule has 0 radical (unpaired) electrons. The van der Waals surface area contributed by atoms with Crippen molar-refractivity contribution in [2.75, 3.05) is 5.73 Å². The van der Waals surface area contributed by atoms with Crippen LogP contribution in [0.3, 0.4) is 0 Å². The molecule has 6 N–H and O–H groups in total. The summed E-state index contributed by atoms with van der Waals surface area (Å²) in [4.78, 5) is 46.6. The van der Waals surface area contributed by atoms with Crippen molar-refractivity contribution in [3.8, 4) is 0 Å². The first-order chi connectivity index (χ1) is 14.8. The van der Waals surface area contributed by atoms with Crippen LogP contribution in [-0.4, -0.2) is 31.9 Å². The topological polar surface area (TPSA) is 154 Å². The van der Waals surface area contributed by atoms with E-state index >= 15 is 0 Å². The first-order valence-electron chi connectivity index (χ1n) is 9.39. The lowest BCUT2D eigenvalue weighted by Gasteiger charge is -2.14. The van der Waals surface area contributed by atoms with Crippen LogP contribution in [0.5, 0.6) is 0 Å². The summed E-state index contributed by atoms with van der Waals surface area (Å²) in [7, 11) is 0. The second-order valence-electron chi connectivity index (χ2n) is 7.02. The van der Waals surface area contributed by atoms with Crippen LogP contribution in [0, 0.1) is 0 Å². The molecular weight excluding hydrogens is 418 g/mol. The van der Waals surface area contributed by atoms with E-state index < -0.39 is 17.9 Å². The molecule has 4 rings (SSSR count). The maximum absolute atomic E-state index is 12.6. The molecule has 0 spiro atoms. The van der Waals surface area contributed by atoms with E-state index in [0.29, 0.717) is 21.5 Å². The highest BCUT2D eigenvalue weighted by Gasteiger charge is 2.24. The van der Waals surface area contributed by atoms with Crippen molar-refractivity contribution < 1.29 is 14.7 Å². The third-order valence-corrected chi connectivity index (χ3v) is 6.02. The van der Waals surface area contributed by atoms with Gasteiger partial charge in [0.05, 0.1) is 5.39 Å². The Morgan fingerprint density at radius 2 is 1.97 bits per heavy atom. The summed E-state index contributed by atoms with van der Waals surface area (Å²) in [5.74, 6) is -1.73. The van der Waals surface area contributed by atoms with Gasteiger partial charge in [0, 0.05) is 22.6 Å². The molecule has 2 unspecified atom stereocenters. The highest BCUT2D eigenvalue weighted by atomic mass is 32.1. The number of hydrogen-bond acceptors (Lipinski definition) is 6. The number of aliphatic carboxylic acids is 1. The van der Waals surface area contributed by atoms with E-state index in [4.69, 9.17) is 5.73 Å². The fraction of sp³-hybridized carbons (Fsp3) is 0.143. The lowest BCUT2D eigenvalue weighted by molar-refractivity contribution is -0.139. The number of anilines is 1. The second-order valence-corrected chi connectivity index (χ2v) is 8.00. The largest absolute Gasteiger partial charge is 0.479 e. The standard InChI is InChI=1S/C21H19N5O4S/c1-10(13-9-23-17-15(13)19(28)26-21(22)25-17)11-4-6-12(7-5-11)18(27)24-16(20(29)30)14-3-2-8-31-14/h2-10,16H,1H3,(H,24,27)(H,29,30)(H4,22,23,25,26,28). The quantitative estimate of drug-likeness (QED) is 0.312. The number of thiophene rings is 1. The Hall–Kier alpha value is -3.92. The number of nitrogen functional groups attached to an aromatic ring is 1. The van der Waals surface area contributed by atoms with Gasteiger partial charge in [0.1, 0.15) is 5.65 Å². The summed E-state index contributed by atoms with van der Waals surface area (Å²) in [6, 6.07) is 9.10. The third-order valence-electron chi connectivity index (χ3n) is 5.08. The molecule has 158 valence electrons. The van der Waals surface area contributed by atoms with Crippen molar-refractivity contribution >= 4 is 40.2 Å². The number of carbonyl (C=O) groups is 2. The molecule has 1 aromatic carbocycles. The number of nitrogens with one attached hydrogen (secondary N) is 3. The number of carboxylic acids is 1. The van der Waals surface area contributed by atoms with Crippen molar-refractivity contribution in [1.29, 1.82) is 0 Å². The van der Waals surface area contributed by atoms with Gasteiger partial charge in [0.2, 0.25) is 5.95 Å². The number of rotatable bonds is 6. The number of hydrogen-bond donors (Lipinski definition) is 5. The van der Waals surface area contributed by atoms with Crippen molar-refractivity contribution in [2.24, 2.45) is 0 Å². The van der Waals surface area contributed by atoms with Crippen LogP contribution in [0.15, 0.2) is 52.8 Å². The molecule has 0 bridgehead atoms. The van der Waals surface area contributed by atoms with Gasteiger partial charge in [-0.1, -0.05) is 25.1 Å². The van der Waals surface area contributed by atoms with E-state index in [1.54, 1.807) is 48.0 Å². The zero-order chi connectivity index (χ0) is 22.1. The van der Waals surface area contributed by atoms with Crippen LogP contribution in [-0.2, 0) is 4.79 Å². The van der Waals surface area contributed by atoms with Crippen molar-refractivity contribution in [2.45, 2.75) is 18.9 Å². The number of aromatic amines is 2. The van der Waals surface area contributed by atoms with E-state index in [0.717, 1.165) is 11.1 Å². The zero-order valence-electron chi connectivity index (χ0n) is 16.4. The highest BCUT2D eigenvalue weighted by molar-refractivity contribution is 7.10. The zero-order valence-corrected chi connectivity index (χ0v) is 17.2. The lowest BCUT2D eigenvalue weighted by Crippen LogP contribution is -2.33. The van der Waals surface area contributed by atoms with Gasteiger partial charge in [0.15, 0.2) is 6.04 Å². The Kier molecular flexibility index (Phi) is 5.30. The highest BCUT2D eigenvalue weighted by Crippen LogP contribution is 2.28. The predicted octanol–water partition coefficient (Wildman–Crippen LogP) is 2.60. The lowest BCUT2D eigenvalue weighted by atomic mass is 9.93. The molecule has 0 fully saturated rings. The molecule has 0 aliphatic rings. The van der Waals surface area contributed by atoms with Gasteiger partial charge in [-0.3, -0.25) is 14.6 Å². The van der Waals surface area contributed by atoms with Gasteiger partial charge in [0.25, 0.3) is 11.5 Å². The van der Waals surface area contributed by atoms with E-state index in [9.17, 15) is 19.5 Å². The van der Waals surface area contributed by atoms with Gasteiger partial charge in [-0.05, 0) is 34.7 Å². The van der Waals surface area contributed by atoms with Crippen LogP contribution in [0.4, 0.5) is 5.95 Å². The normalized spacial score (nSPS) is 13.1. The van der Waals surface area contributed by atoms with Crippen LogP contribution in [0.1, 0.15) is 45.2 Å². The van der Waals surface area contributed by atoms with Gasteiger partial charge < -0.3 is 21.1 Å². The van der Waals surface area contributed by atoms with Gasteiger partial charge >= 0.3 is 5.97 Å². The number of fused-ring (bicyclic) bond motifs is 1. The molecule has 2 atom stereocenters. The van der Waals surface area contributed by atoms with Gasteiger partial charge in [-0.25, -0.2) is 4.79 Å². The van der Waals surface area contributed by atoms with Gasteiger partial charge in [-0.2, -0.15) is 4.98 Å². The van der Waals surface area contributed by atoms with Crippen LogP contribution in [0.2, 0.25) is 0 Å². The van der Waals surface area contributed by atoms with E-state index in [1.807, 2.05) is 6.92 Å². The molecule has 0 aliphatic heterocycles. The molecule has 1 amide bonds. The SMILES string of the molecule is CC(c1ccc(C(=O)NC(C(=O)O)c2cccs2)cc1)c1c[nH]c2nc(N)[nH]c(=O)c12. The third kappa shape index (κ3) is 3.92. The fourth-order valence-corrected chi connectivity index (χ4v) is 4.22. The number of H-pyrrole nitrogens is 2. The molecule has 9 nitrogen and oxygen atoms in total. The minimum absolute atomic E-state index is 0.0381. The summed E-state index contributed by atoms with van der Waals surface area (Å²) in [6.07, 6.45) is 1.72. The molecule has 3 aromatic heterocycles. The molecule has 31 heavy (non-hydrogen) atoms. The fourth-order valence-electron chi connectivity index (χ4n) is 3.45. The summed E-state index contributed by atoms with van der Waals surface area (Å²) in [5.41, 5.74) is 7.64. The van der Waals surface area contributed by atoms with Crippen molar-refractivity contribution in [3.63, 3.8) is 0 Å². The Morgan fingerprint density at radius 3 is 2.61 bits per heavy atom. The maximum Gasteiger partial charge on any atom is 0.331 e. The second kappa shape index (κ2) is 8.07. The molecule has 0 saturated heterocycles. The first-order valence-corrected chi connectivity index (χ1v) is 10.3. The van der Waals surface area contributed by atoms with Gasteiger partial charge in [-0.15, -0.1) is 11.3 Å². The van der Waals surface area contributed by atoms with Crippen LogP contribution >= 0.6 is 11.3 Å². The predicted molar refractivity (Wildman–Crippen MR) is 117 cm³/mol. The van der Waals surface area contributed by atoms with E-state index in [-0.39, 0.29) is 17.4 Å². The number of nitrogens with two attached hydrogens (primary N) is 1. The first kappa shape index (κ1) is 20.4. The number of amides is 1. The molecular formula is C21H19N5O4S. The molecule has 0 aliphatic carbocycles. The number of carbonyl (C=O) groups excluding carboxylic acids is 1. The van der Waals surface area contributed by atoms with E-state index in [1.165, 1.54) is 11.3 Å². The Bertz CT molecular complexity index is 1310. The number of benzene rings is 1. The summed E-state index contributed by atoms with van der Waals surface area (Å²) < 4.78 is 0. The summed E-state index contributed by atoms with van der Waals surface area (Å²) >= 11 is 1.26. The molecule has 4 aromatic rings. The monoisotopic (exact) mass is 437 g/mol. The Morgan fingerprint density at radius 1 is 1.23 bits per heavy atom. The summed E-state index contributed by atoms with van der Waals surface area (Å²) in [6.45, 7) is 1.94. The summed E-state index contributed by atoms with van der Waals surface area (Å²) in [5, 5.41) is 14.2. The minimum Gasteiger partial charge on any atom is -0.479 e. The average molecular weight is 437 g/mol. The van der Waals surface area contributed by atoms with Crippen molar-refractivity contribution in [3.05, 3.63) is 79.9 Å². The van der Waals surface area contributed by atoms with Crippen LogP contribution in [0.25, 0.3) is 11.0 Å². The molecule has 0 saturated carbocycles. The smallest absolute Gasteiger partial charge is 0.331 e. The average Bonchev–Trinajstić information content (AvgIpc) is 3.41.